The Labute approximate surface area is 112 Å². The third-order valence-electron chi connectivity index (χ3n) is 2.86. The molecule has 1 aliphatic heterocycles. The van der Waals surface area contributed by atoms with Crippen LogP contribution in [0.1, 0.15) is 13.8 Å². The quantitative estimate of drug-likeness (QED) is 0.888. The molecule has 1 unspecified atom stereocenters. The fourth-order valence-electron chi connectivity index (χ4n) is 2.01. The first kappa shape index (κ1) is 13.8. The first-order valence-electron chi connectivity index (χ1n) is 6.42. The maximum Gasteiger partial charge on any atom is 0.258 e. The smallest absolute Gasteiger partial charge is 0.258 e. The van der Waals surface area contributed by atoms with Gasteiger partial charge in [0.1, 0.15) is 5.75 Å². The van der Waals surface area contributed by atoms with Gasteiger partial charge in [0, 0.05) is 12.2 Å². The molecule has 1 aromatic rings. The summed E-state index contributed by atoms with van der Waals surface area (Å²) in [6, 6.07) is 7.36. The first-order valence-corrected chi connectivity index (χ1v) is 6.42. The second-order valence-electron chi connectivity index (χ2n) is 4.69. The highest BCUT2D eigenvalue weighted by Gasteiger charge is 2.29. The number of benzene rings is 1. The Morgan fingerprint density at radius 1 is 1.42 bits per heavy atom. The third kappa shape index (κ3) is 3.24. The zero-order chi connectivity index (χ0) is 13.8. The van der Waals surface area contributed by atoms with E-state index in [1.165, 1.54) is 0 Å². The largest absolute Gasteiger partial charge is 0.491 e. The van der Waals surface area contributed by atoms with Crippen LogP contribution in [-0.2, 0) is 9.53 Å². The van der Waals surface area contributed by atoms with Crippen LogP contribution in [0.5, 0.6) is 5.75 Å². The fraction of sp³-hybridized carbons (Fsp3) is 0.500. The molecule has 0 spiro atoms. The number of rotatable bonds is 4. The van der Waals surface area contributed by atoms with Crippen molar-refractivity contribution >= 4 is 11.6 Å². The van der Waals surface area contributed by atoms with Crippen LogP contribution in [-0.4, -0.2) is 43.0 Å². The number of aliphatic hydroxyl groups is 1. The van der Waals surface area contributed by atoms with Crippen molar-refractivity contribution in [2.24, 2.45) is 0 Å². The summed E-state index contributed by atoms with van der Waals surface area (Å²) in [5, 5.41) is 9.08. The minimum absolute atomic E-state index is 0.120. The second-order valence-corrected chi connectivity index (χ2v) is 4.69. The summed E-state index contributed by atoms with van der Waals surface area (Å²) in [4.78, 5) is 13.7. The summed E-state index contributed by atoms with van der Waals surface area (Å²) >= 11 is 0. The lowest BCUT2D eigenvalue weighted by Crippen LogP contribution is -2.49. The van der Waals surface area contributed by atoms with Crippen LogP contribution < -0.4 is 9.64 Å². The van der Waals surface area contributed by atoms with Gasteiger partial charge in [-0.25, -0.2) is 0 Å². The molecule has 5 heteroatoms. The van der Waals surface area contributed by atoms with E-state index in [2.05, 4.69) is 0 Å². The summed E-state index contributed by atoms with van der Waals surface area (Å²) in [7, 11) is 0. The summed E-state index contributed by atoms with van der Waals surface area (Å²) in [5.41, 5.74) is 0.794. The van der Waals surface area contributed by atoms with E-state index in [1.54, 1.807) is 4.90 Å². The molecule has 0 saturated carbocycles. The van der Waals surface area contributed by atoms with E-state index in [0.29, 0.717) is 13.2 Å². The topological polar surface area (TPSA) is 59.0 Å². The van der Waals surface area contributed by atoms with Crippen LogP contribution in [0.3, 0.4) is 0 Å². The van der Waals surface area contributed by atoms with Crippen LogP contribution >= 0.6 is 0 Å². The molecule has 1 amide bonds. The van der Waals surface area contributed by atoms with Gasteiger partial charge in [0.25, 0.3) is 5.91 Å². The molecule has 1 saturated heterocycles. The van der Waals surface area contributed by atoms with Gasteiger partial charge in [-0.1, -0.05) is 0 Å². The van der Waals surface area contributed by atoms with Crippen molar-refractivity contribution in [2.45, 2.75) is 26.1 Å². The number of anilines is 1. The van der Waals surface area contributed by atoms with Gasteiger partial charge in [0.15, 0.2) is 6.10 Å². The van der Waals surface area contributed by atoms with Crippen molar-refractivity contribution in [3.05, 3.63) is 24.3 Å². The zero-order valence-corrected chi connectivity index (χ0v) is 11.2. The van der Waals surface area contributed by atoms with Crippen LogP contribution in [0.4, 0.5) is 5.69 Å². The lowest BCUT2D eigenvalue weighted by Gasteiger charge is -2.31. The number of hydrogen-bond donors (Lipinski definition) is 1. The van der Waals surface area contributed by atoms with Crippen molar-refractivity contribution in [3.63, 3.8) is 0 Å². The number of hydrogen-bond acceptors (Lipinski definition) is 4. The van der Waals surface area contributed by atoms with Gasteiger partial charge in [0.2, 0.25) is 0 Å². The fourth-order valence-corrected chi connectivity index (χ4v) is 2.01. The number of ether oxygens (including phenoxy) is 2. The third-order valence-corrected chi connectivity index (χ3v) is 2.86. The zero-order valence-electron chi connectivity index (χ0n) is 11.2. The van der Waals surface area contributed by atoms with E-state index in [1.807, 2.05) is 38.1 Å². The van der Waals surface area contributed by atoms with Crippen LogP contribution in [0.15, 0.2) is 24.3 Å². The van der Waals surface area contributed by atoms with Crippen molar-refractivity contribution in [1.29, 1.82) is 0 Å². The van der Waals surface area contributed by atoms with Crippen LogP contribution in [0.2, 0.25) is 0 Å². The SMILES string of the molecule is CC(C)Oc1ccc(N2CCOC(CO)C2=O)cc1. The molecule has 0 aromatic heterocycles. The predicted octanol–water partition coefficient (Wildman–Crippen LogP) is 1.20. The van der Waals surface area contributed by atoms with Crippen LogP contribution in [0.25, 0.3) is 0 Å². The van der Waals surface area contributed by atoms with Gasteiger partial charge in [-0.3, -0.25) is 4.79 Å². The molecule has 0 bridgehead atoms. The number of carbonyl (C=O) groups excluding carboxylic acids is 1. The highest BCUT2D eigenvalue weighted by atomic mass is 16.5. The monoisotopic (exact) mass is 265 g/mol. The Balaban J connectivity index is 2.11. The van der Waals surface area contributed by atoms with Crippen molar-refractivity contribution in [3.8, 4) is 5.75 Å². The lowest BCUT2D eigenvalue weighted by atomic mass is 10.2. The number of nitrogens with zero attached hydrogens (tertiary/aromatic N) is 1. The maximum atomic E-state index is 12.0. The molecular weight excluding hydrogens is 246 g/mol. The average Bonchev–Trinajstić information content (AvgIpc) is 2.39. The molecule has 5 nitrogen and oxygen atoms in total. The molecule has 1 heterocycles. The van der Waals surface area contributed by atoms with Crippen molar-refractivity contribution < 1.29 is 19.4 Å². The normalized spacial score (nSPS) is 19.9. The van der Waals surface area contributed by atoms with Crippen molar-refractivity contribution in [1.82, 2.24) is 0 Å². The van der Waals surface area contributed by atoms with E-state index in [-0.39, 0.29) is 18.6 Å². The van der Waals surface area contributed by atoms with Gasteiger partial charge >= 0.3 is 0 Å². The highest BCUT2D eigenvalue weighted by Crippen LogP contribution is 2.22. The first-order chi connectivity index (χ1) is 9.11. The number of amides is 1. The Hall–Kier alpha value is -1.59. The lowest BCUT2D eigenvalue weighted by molar-refractivity contribution is -0.136. The van der Waals surface area contributed by atoms with Gasteiger partial charge < -0.3 is 19.5 Å². The molecule has 1 N–H and O–H groups in total. The van der Waals surface area contributed by atoms with Gasteiger partial charge in [0.05, 0.1) is 19.3 Å². The van der Waals surface area contributed by atoms with E-state index < -0.39 is 6.10 Å². The second kappa shape index (κ2) is 6.04. The maximum absolute atomic E-state index is 12.0. The number of aliphatic hydroxyl groups excluding tert-OH is 1. The molecule has 104 valence electrons. The van der Waals surface area contributed by atoms with E-state index in [4.69, 9.17) is 14.6 Å². The Morgan fingerprint density at radius 2 is 2.11 bits per heavy atom. The van der Waals surface area contributed by atoms with E-state index in [9.17, 15) is 4.79 Å². The molecule has 2 rings (SSSR count). The van der Waals surface area contributed by atoms with Gasteiger partial charge in [-0.2, -0.15) is 0 Å². The molecule has 19 heavy (non-hydrogen) atoms. The van der Waals surface area contributed by atoms with Gasteiger partial charge in [-0.15, -0.1) is 0 Å². The summed E-state index contributed by atoms with van der Waals surface area (Å²) in [6.07, 6.45) is -0.630. The molecule has 1 fully saturated rings. The summed E-state index contributed by atoms with van der Waals surface area (Å²) in [6.45, 7) is 4.57. The Kier molecular flexibility index (Phi) is 4.39. The molecule has 1 atom stereocenters. The Morgan fingerprint density at radius 3 is 2.68 bits per heavy atom. The average molecular weight is 265 g/mol. The molecule has 0 radical (unpaired) electrons. The van der Waals surface area contributed by atoms with Gasteiger partial charge in [-0.05, 0) is 38.1 Å². The molecular formula is C14H19NO4. The molecule has 1 aromatic carbocycles. The minimum Gasteiger partial charge on any atom is -0.491 e. The number of morpholine rings is 1. The van der Waals surface area contributed by atoms with Crippen molar-refractivity contribution in [2.75, 3.05) is 24.7 Å². The Bertz CT molecular complexity index is 430. The molecule has 0 aliphatic carbocycles. The van der Waals surface area contributed by atoms with E-state index in [0.717, 1.165) is 11.4 Å². The van der Waals surface area contributed by atoms with Crippen LogP contribution in [0, 0.1) is 0 Å². The van der Waals surface area contributed by atoms with E-state index >= 15 is 0 Å². The predicted molar refractivity (Wildman–Crippen MR) is 71.4 cm³/mol. The minimum atomic E-state index is -0.750. The highest BCUT2D eigenvalue weighted by molar-refractivity contribution is 5.97. The summed E-state index contributed by atoms with van der Waals surface area (Å²) < 4.78 is 10.8. The summed E-state index contributed by atoms with van der Waals surface area (Å²) in [5.74, 6) is 0.574. The molecule has 1 aliphatic rings. The number of carbonyl (C=O) groups is 1. The standard InChI is InChI=1S/C14H19NO4/c1-10(2)19-12-5-3-11(4-6-12)15-7-8-18-13(9-16)14(15)17/h3-6,10,13,16H,7-9H2,1-2H3.